The van der Waals surface area contributed by atoms with Gasteiger partial charge in [0.15, 0.2) is 0 Å². The van der Waals surface area contributed by atoms with Crippen molar-refractivity contribution < 1.29 is 4.39 Å². The third-order valence-corrected chi connectivity index (χ3v) is 1.72. The zero-order chi connectivity index (χ0) is 7.78. The minimum atomic E-state index is -0.479. The predicted octanol–water partition coefficient (Wildman–Crippen LogP) is 2.08. The van der Waals surface area contributed by atoms with Gasteiger partial charge < -0.3 is 5.73 Å². The van der Waals surface area contributed by atoms with E-state index in [1.807, 2.05) is 0 Å². The Hall–Kier alpha value is -0.340. The molecule has 0 aromatic carbocycles. The molecule has 1 aliphatic rings. The van der Waals surface area contributed by atoms with E-state index < -0.39 is 5.54 Å². The number of rotatable bonds is 0. The first-order valence-corrected chi connectivity index (χ1v) is 3.41. The van der Waals surface area contributed by atoms with Crippen LogP contribution >= 0.6 is 11.6 Å². The molecule has 0 heterocycles. The first kappa shape index (κ1) is 7.76. The Kier molecular flexibility index (Phi) is 1.84. The van der Waals surface area contributed by atoms with Crippen LogP contribution in [-0.2, 0) is 0 Å². The lowest BCUT2D eigenvalue weighted by Crippen LogP contribution is -2.34. The lowest BCUT2D eigenvalue weighted by atomic mass is 9.95. The highest BCUT2D eigenvalue weighted by Crippen LogP contribution is 2.27. The predicted molar refractivity (Wildman–Crippen MR) is 40.3 cm³/mol. The molecule has 1 nitrogen and oxygen atoms in total. The average Bonchev–Trinajstić information content (AvgIpc) is 1.79. The summed E-state index contributed by atoms with van der Waals surface area (Å²) in [4.78, 5) is 0. The van der Waals surface area contributed by atoms with Gasteiger partial charge in [-0.15, -0.1) is 0 Å². The molecule has 10 heavy (non-hydrogen) atoms. The highest BCUT2D eigenvalue weighted by molar-refractivity contribution is 6.30. The average molecular weight is 162 g/mol. The molecule has 0 bridgehead atoms. The lowest BCUT2D eigenvalue weighted by molar-refractivity contribution is 0.550. The minimum absolute atomic E-state index is 0.215. The van der Waals surface area contributed by atoms with E-state index in [2.05, 4.69) is 0 Å². The summed E-state index contributed by atoms with van der Waals surface area (Å²) in [5.74, 6) is -0.371. The van der Waals surface area contributed by atoms with Crippen LogP contribution in [0.3, 0.4) is 0 Å². The second-order valence-electron chi connectivity index (χ2n) is 2.77. The summed E-state index contributed by atoms with van der Waals surface area (Å²) >= 11 is 5.52. The van der Waals surface area contributed by atoms with E-state index >= 15 is 0 Å². The van der Waals surface area contributed by atoms with E-state index in [0.717, 1.165) is 0 Å². The van der Waals surface area contributed by atoms with Crippen LogP contribution in [0, 0.1) is 0 Å². The second kappa shape index (κ2) is 2.36. The van der Waals surface area contributed by atoms with Crippen LogP contribution < -0.4 is 5.73 Å². The van der Waals surface area contributed by atoms with Crippen LogP contribution in [0.1, 0.15) is 13.3 Å². The van der Waals surface area contributed by atoms with Gasteiger partial charge in [-0.3, -0.25) is 0 Å². The van der Waals surface area contributed by atoms with Crippen molar-refractivity contribution in [3.05, 3.63) is 23.0 Å². The highest BCUT2D eigenvalue weighted by atomic mass is 35.5. The zero-order valence-electron chi connectivity index (χ0n) is 5.70. The molecule has 0 radical (unpaired) electrons. The van der Waals surface area contributed by atoms with Crippen LogP contribution in [0.4, 0.5) is 4.39 Å². The molecule has 0 saturated heterocycles. The molecular formula is C7H9ClFN. The van der Waals surface area contributed by atoms with E-state index in [1.54, 1.807) is 13.0 Å². The van der Waals surface area contributed by atoms with Crippen molar-refractivity contribution in [2.45, 2.75) is 18.9 Å². The molecule has 1 aliphatic carbocycles. The SMILES string of the molecule is C[C@@]1(N)C=CC(F)=C(Cl)C1. The van der Waals surface area contributed by atoms with Gasteiger partial charge in [-0.05, 0) is 13.0 Å². The monoisotopic (exact) mass is 161 g/mol. The van der Waals surface area contributed by atoms with Crippen molar-refractivity contribution in [3.63, 3.8) is 0 Å². The van der Waals surface area contributed by atoms with Gasteiger partial charge in [-0.2, -0.15) is 0 Å². The van der Waals surface area contributed by atoms with E-state index in [1.165, 1.54) is 6.08 Å². The summed E-state index contributed by atoms with van der Waals surface area (Å²) in [5.41, 5.74) is 5.18. The molecule has 56 valence electrons. The maximum atomic E-state index is 12.5. The van der Waals surface area contributed by atoms with Crippen molar-refractivity contribution in [2.75, 3.05) is 0 Å². The van der Waals surface area contributed by atoms with Crippen LogP contribution in [0.5, 0.6) is 0 Å². The normalized spacial score (nSPS) is 33.2. The number of hydrogen-bond donors (Lipinski definition) is 1. The summed E-state index contributed by atoms with van der Waals surface area (Å²) in [6.07, 6.45) is 3.32. The Morgan fingerprint density at radius 1 is 1.80 bits per heavy atom. The van der Waals surface area contributed by atoms with E-state index in [9.17, 15) is 4.39 Å². The van der Waals surface area contributed by atoms with Crippen molar-refractivity contribution in [3.8, 4) is 0 Å². The van der Waals surface area contributed by atoms with Gasteiger partial charge in [0, 0.05) is 12.0 Å². The molecule has 0 aromatic rings. The topological polar surface area (TPSA) is 26.0 Å². The molecular weight excluding hydrogens is 153 g/mol. The van der Waals surface area contributed by atoms with E-state index in [-0.39, 0.29) is 10.9 Å². The number of hydrogen-bond acceptors (Lipinski definition) is 1. The Morgan fingerprint density at radius 2 is 2.40 bits per heavy atom. The fourth-order valence-corrected chi connectivity index (χ4v) is 1.18. The Morgan fingerprint density at radius 3 is 2.80 bits per heavy atom. The quantitative estimate of drug-likeness (QED) is 0.579. The summed E-state index contributed by atoms with van der Waals surface area (Å²) < 4.78 is 12.5. The van der Waals surface area contributed by atoms with Crippen molar-refractivity contribution in [1.29, 1.82) is 0 Å². The third-order valence-electron chi connectivity index (χ3n) is 1.41. The molecule has 3 heteroatoms. The molecule has 0 unspecified atom stereocenters. The van der Waals surface area contributed by atoms with Crippen molar-refractivity contribution >= 4 is 11.6 Å². The first-order valence-electron chi connectivity index (χ1n) is 3.03. The number of halogens is 2. The lowest BCUT2D eigenvalue weighted by Gasteiger charge is -2.22. The molecule has 1 atom stereocenters. The molecule has 0 aromatic heterocycles. The molecule has 1 rings (SSSR count). The summed E-state index contributed by atoms with van der Waals surface area (Å²) in [6.45, 7) is 1.80. The second-order valence-corrected chi connectivity index (χ2v) is 3.23. The Labute approximate surface area is 64.4 Å². The van der Waals surface area contributed by atoms with Crippen molar-refractivity contribution in [2.24, 2.45) is 5.73 Å². The highest BCUT2D eigenvalue weighted by Gasteiger charge is 2.21. The molecule has 0 aliphatic heterocycles. The molecule has 0 fully saturated rings. The van der Waals surface area contributed by atoms with E-state index in [4.69, 9.17) is 17.3 Å². The van der Waals surface area contributed by atoms with Crippen LogP contribution in [0.2, 0.25) is 0 Å². The smallest absolute Gasteiger partial charge is 0.137 e. The maximum Gasteiger partial charge on any atom is 0.137 e. The standard InChI is InChI=1S/C7H9ClFN/c1-7(10)3-2-6(9)5(8)4-7/h2-3H,4,10H2,1H3/t7-/m1/s1. The zero-order valence-corrected chi connectivity index (χ0v) is 6.45. The fraction of sp³-hybridized carbons (Fsp3) is 0.429. The van der Waals surface area contributed by atoms with Gasteiger partial charge in [0.1, 0.15) is 5.83 Å². The summed E-state index contributed by atoms with van der Waals surface area (Å²) in [7, 11) is 0. The van der Waals surface area contributed by atoms with Crippen LogP contribution in [-0.4, -0.2) is 5.54 Å². The van der Waals surface area contributed by atoms with Gasteiger partial charge in [0.2, 0.25) is 0 Å². The van der Waals surface area contributed by atoms with Gasteiger partial charge in [-0.25, -0.2) is 4.39 Å². The first-order chi connectivity index (χ1) is 4.51. The molecule has 0 amide bonds. The number of allylic oxidation sites excluding steroid dienone is 2. The van der Waals surface area contributed by atoms with Crippen LogP contribution in [0.25, 0.3) is 0 Å². The van der Waals surface area contributed by atoms with Gasteiger partial charge in [0.05, 0.1) is 5.03 Å². The maximum absolute atomic E-state index is 12.5. The third kappa shape index (κ3) is 1.58. The largest absolute Gasteiger partial charge is 0.322 e. The van der Waals surface area contributed by atoms with Gasteiger partial charge in [-0.1, -0.05) is 17.7 Å². The Bertz CT molecular complexity index is 206. The minimum Gasteiger partial charge on any atom is -0.322 e. The number of nitrogens with two attached hydrogens (primary N) is 1. The van der Waals surface area contributed by atoms with Gasteiger partial charge >= 0.3 is 0 Å². The fourth-order valence-electron chi connectivity index (χ4n) is 0.832. The molecule has 0 saturated carbocycles. The molecule has 2 N–H and O–H groups in total. The van der Waals surface area contributed by atoms with E-state index in [0.29, 0.717) is 6.42 Å². The van der Waals surface area contributed by atoms with Crippen molar-refractivity contribution in [1.82, 2.24) is 0 Å². The molecule has 0 spiro atoms. The van der Waals surface area contributed by atoms with Gasteiger partial charge in [0.25, 0.3) is 0 Å². The summed E-state index contributed by atoms with van der Waals surface area (Å²) in [5, 5.41) is 0.215. The van der Waals surface area contributed by atoms with Crippen LogP contribution in [0.15, 0.2) is 23.0 Å². The Balaban J connectivity index is 2.85. The summed E-state index contributed by atoms with van der Waals surface area (Å²) in [6, 6.07) is 0.